The van der Waals surface area contributed by atoms with Crippen LogP contribution in [0.2, 0.25) is 0 Å². The number of carbonyl (C=O) groups is 2. The second-order valence-electron chi connectivity index (χ2n) is 4.54. The first-order valence-corrected chi connectivity index (χ1v) is 6.37. The molecule has 6 heteroatoms. The lowest BCUT2D eigenvalue weighted by atomic mass is 10.1. The SMILES string of the molecule is CCC(C)N(CC(=O)O)C(=O)c1cc(OC)ccc1N. The minimum absolute atomic E-state index is 0.191. The lowest BCUT2D eigenvalue weighted by molar-refractivity contribution is -0.138. The van der Waals surface area contributed by atoms with Gasteiger partial charge in [-0.15, -0.1) is 0 Å². The molecule has 0 aliphatic carbocycles. The molecule has 1 atom stereocenters. The van der Waals surface area contributed by atoms with E-state index in [1.54, 1.807) is 19.1 Å². The van der Waals surface area contributed by atoms with E-state index in [1.807, 2.05) is 6.92 Å². The van der Waals surface area contributed by atoms with E-state index < -0.39 is 11.9 Å². The summed E-state index contributed by atoms with van der Waals surface area (Å²) in [5.74, 6) is -0.958. The zero-order valence-corrected chi connectivity index (χ0v) is 11.9. The Morgan fingerprint density at radius 1 is 1.45 bits per heavy atom. The highest BCUT2D eigenvalue weighted by molar-refractivity contribution is 6.00. The predicted octanol–water partition coefficient (Wildman–Crippen LogP) is 1.60. The van der Waals surface area contributed by atoms with Crippen LogP contribution in [-0.2, 0) is 4.79 Å². The highest BCUT2D eigenvalue weighted by Gasteiger charge is 2.24. The van der Waals surface area contributed by atoms with Gasteiger partial charge in [0.05, 0.1) is 12.7 Å². The van der Waals surface area contributed by atoms with Gasteiger partial charge < -0.3 is 20.5 Å². The summed E-state index contributed by atoms with van der Waals surface area (Å²) < 4.78 is 5.07. The lowest BCUT2D eigenvalue weighted by Gasteiger charge is -2.27. The minimum Gasteiger partial charge on any atom is -0.497 e. The largest absolute Gasteiger partial charge is 0.497 e. The predicted molar refractivity (Wildman–Crippen MR) is 75.8 cm³/mol. The van der Waals surface area contributed by atoms with Crippen molar-refractivity contribution < 1.29 is 19.4 Å². The van der Waals surface area contributed by atoms with Crippen LogP contribution in [0.25, 0.3) is 0 Å². The number of carbonyl (C=O) groups excluding carboxylic acids is 1. The number of amides is 1. The van der Waals surface area contributed by atoms with Crippen molar-refractivity contribution in [3.05, 3.63) is 23.8 Å². The van der Waals surface area contributed by atoms with E-state index in [4.69, 9.17) is 15.6 Å². The Hall–Kier alpha value is -2.24. The molecular weight excluding hydrogens is 260 g/mol. The van der Waals surface area contributed by atoms with Crippen molar-refractivity contribution in [2.75, 3.05) is 19.4 Å². The number of nitrogens with two attached hydrogens (primary N) is 1. The monoisotopic (exact) mass is 280 g/mol. The summed E-state index contributed by atoms with van der Waals surface area (Å²) in [6.07, 6.45) is 0.656. The maximum absolute atomic E-state index is 12.5. The normalized spacial score (nSPS) is 11.8. The molecule has 0 radical (unpaired) electrons. The number of ether oxygens (including phenoxy) is 1. The number of hydrogen-bond acceptors (Lipinski definition) is 4. The van der Waals surface area contributed by atoms with Gasteiger partial charge in [0.15, 0.2) is 0 Å². The smallest absolute Gasteiger partial charge is 0.323 e. The molecule has 0 spiro atoms. The van der Waals surface area contributed by atoms with Crippen LogP contribution in [0.5, 0.6) is 5.75 Å². The van der Waals surface area contributed by atoms with Crippen molar-refractivity contribution in [1.82, 2.24) is 4.90 Å². The highest BCUT2D eigenvalue weighted by atomic mass is 16.5. The summed E-state index contributed by atoms with van der Waals surface area (Å²) in [5.41, 5.74) is 6.36. The number of hydrogen-bond donors (Lipinski definition) is 2. The van der Waals surface area contributed by atoms with Gasteiger partial charge in [-0.2, -0.15) is 0 Å². The minimum atomic E-state index is -1.06. The zero-order valence-electron chi connectivity index (χ0n) is 11.9. The molecule has 0 aromatic heterocycles. The molecular formula is C14H20N2O4. The van der Waals surface area contributed by atoms with Crippen molar-refractivity contribution in [2.24, 2.45) is 0 Å². The third-order valence-corrected chi connectivity index (χ3v) is 3.18. The number of nitrogens with zero attached hydrogens (tertiary/aromatic N) is 1. The zero-order chi connectivity index (χ0) is 15.3. The molecule has 1 rings (SSSR count). The van der Waals surface area contributed by atoms with E-state index >= 15 is 0 Å². The maximum atomic E-state index is 12.5. The average Bonchev–Trinajstić information content (AvgIpc) is 2.43. The highest BCUT2D eigenvalue weighted by Crippen LogP contribution is 2.22. The molecule has 0 fully saturated rings. The van der Waals surface area contributed by atoms with E-state index in [1.165, 1.54) is 18.1 Å². The number of benzene rings is 1. The van der Waals surface area contributed by atoms with Crippen LogP contribution in [0, 0.1) is 0 Å². The number of methoxy groups -OCH3 is 1. The Bertz CT molecular complexity index is 502. The number of aliphatic carboxylic acids is 1. The molecule has 0 aliphatic heterocycles. The molecule has 1 amide bonds. The van der Waals surface area contributed by atoms with Gasteiger partial charge in [-0.3, -0.25) is 9.59 Å². The fourth-order valence-corrected chi connectivity index (χ4v) is 1.80. The average molecular weight is 280 g/mol. The Morgan fingerprint density at radius 2 is 2.10 bits per heavy atom. The molecule has 1 aromatic carbocycles. The van der Waals surface area contributed by atoms with Crippen molar-refractivity contribution in [3.63, 3.8) is 0 Å². The van der Waals surface area contributed by atoms with Crippen molar-refractivity contribution in [3.8, 4) is 5.75 Å². The Balaban J connectivity index is 3.14. The Morgan fingerprint density at radius 3 is 2.60 bits per heavy atom. The van der Waals surface area contributed by atoms with Crippen LogP contribution >= 0.6 is 0 Å². The molecule has 20 heavy (non-hydrogen) atoms. The van der Waals surface area contributed by atoms with Gasteiger partial charge in [-0.25, -0.2) is 0 Å². The number of carboxylic acid groups (broad SMARTS) is 1. The number of carboxylic acids is 1. The molecule has 3 N–H and O–H groups in total. The van der Waals surface area contributed by atoms with Gasteiger partial charge in [0.25, 0.3) is 5.91 Å². The topological polar surface area (TPSA) is 92.9 Å². The molecule has 0 heterocycles. The summed E-state index contributed by atoms with van der Waals surface area (Å²) in [6, 6.07) is 4.55. The van der Waals surface area contributed by atoms with Crippen LogP contribution in [0.1, 0.15) is 30.6 Å². The molecule has 1 unspecified atom stereocenters. The summed E-state index contributed by atoms with van der Waals surface area (Å²) in [5, 5.41) is 8.94. The Kier molecular flexibility index (Phi) is 5.37. The van der Waals surface area contributed by atoms with Crippen molar-refractivity contribution >= 4 is 17.6 Å². The van der Waals surface area contributed by atoms with Gasteiger partial charge in [0.1, 0.15) is 12.3 Å². The second-order valence-corrected chi connectivity index (χ2v) is 4.54. The molecule has 0 saturated carbocycles. The number of anilines is 1. The van der Waals surface area contributed by atoms with Crippen LogP contribution in [-0.4, -0.2) is 41.6 Å². The van der Waals surface area contributed by atoms with Crippen LogP contribution in [0.3, 0.4) is 0 Å². The summed E-state index contributed by atoms with van der Waals surface area (Å²) in [6.45, 7) is 3.34. The van der Waals surface area contributed by atoms with Crippen LogP contribution in [0.4, 0.5) is 5.69 Å². The first-order chi connectivity index (χ1) is 9.40. The third-order valence-electron chi connectivity index (χ3n) is 3.18. The molecule has 1 aromatic rings. The fourth-order valence-electron chi connectivity index (χ4n) is 1.80. The maximum Gasteiger partial charge on any atom is 0.323 e. The van der Waals surface area contributed by atoms with E-state index in [2.05, 4.69) is 0 Å². The molecule has 6 nitrogen and oxygen atoms in total. The quantitative estimate of drug-likeness (QED) is 0.772. The Labute approximate surface area is 118 Å². The van der Waals surface area contributed by atoms with Gasteiger partial charge >= 0.3 is 5.97 Å². The summed E-state index contributed by atoms with van der Waals surface area (Å²) in [4.78, 5) is 24.7. The van der Waals surface area contributed by atoms with Gasteiger partial charge in [0.2, 0.25) is 0 Å². The van der Waals surface area contributed by atoms with E-state index in [9.17, 15) is 9.59 Å². The fraction of sp³-hybridized carbons (Fsp3) is 0.429. The molecule has 0 aliphatic rings. The van der Waals surface area contributed by atoms with E-state index in [-0.39, 0.29) is 18.2 Å². The molecule has 0 saturated heterocycles. The van der Waals surface area contributed by atoms with Crippen LogP contribution in [0.15, 0.2) is 18.2 Å². The van der Waals surface area contributed by atoms with Gasteiger partial charge in [-0.1, -0.05) is 6.92 Å². The summed E-state index contributed by atoms with van der Waals surface area (Å²) in [7, 11) is 1.49. The first kappa shape index (κ1) is 15.8. The standard InChI is InChI=1S/C14H20N2O4/c1-4-9(2)16(8-13(17)18)14(19)11-7-10(20-3)5-6-12(11)15/h5-7,9H,4,8,15H2,1-3H3,(H,17,18). The summed E-state index contributed by atoms with van der Waals surface area (Å²) >= 11 is 0. The van der Waals surface area contributed by atoms with Crippen molar-refractivity contribution in [2.45, 2.75) is 26.3 Å². The van der Waals surface area contributed by atoms with Gasteiger partial charge in [-0.05, 0) is 31.5 Å². The molecule has 110 valence electrons. The lowest BCUT2D eigenvalue weighted by Crippen LogP contribution is -2.42. The van der Waals surface area contributed by atoms with E-state index in [0.717, 1.165) is 0 Å². The van der Waals surface area contributed by atoms with E-state index in [0.29, 0.717) is 17.9 Å². The first-order valence-electron chi connectivity index (χ1n) is 6.37. The third kappa shape index (κ3) is 3.63. The van der Waals surface area contributed by atoms with Gasteiger partial charge in [0, 0.05) is 11.7 Å². The second kappa shape index (κ2) is 6.79. The van der Waals surface area contributed by atoms with Crippen LogP contribution < -0.4 is 10.5 Å². The number of rotatable bonds is 6. The van der Waals surface area contributed by atoms with Crippen molar-refractivity contribution in [1.29, 1.82) is 0 Å². The number of nitrogen functional groups attached to an aromatic ring is 1. The molecule has 0 bridgehead atoms.